The number of nitrogens with zero attached hydrogens (tertiary/aromatic N) is 3. The van der Waals surface area contributed by atoms with Gasteiger partial charge in [-0.3, -0.25) is 29.0 Å². The van der Waals surface area contributed by atoms with Crippen LogP contribution in [0.15, 0.2) is 30.3 Å². The van der Waals surface area contributed by atoms with Gasteiger partial charge in [0.25, 0.3) is 11.8 Å². The van der Waals surface area contributed by atoms with Crippen molar-refractivity contribution in [2.75, 3.05) is 39.3 Å². The molecule has 0 aliphatic carbocycles. The second-order valence-corrected chi connectivity index (χ2v) is 8.13. The molecular formula is C23H26N4O4. The van der Waals surface area contributed by atoms with Crippen LogP contribution in [0.3, 0.4) is 0 Å². The quantitative estimate of drug-likeness (QED) is 0.564. The minimum Gasteiger partial charge on any atom is -0.362 e. The van der Waals surface area contributed by atoms with Gasteiger partial charge in [0.15, 0.2) is 5.78 Å². The van der Waals surface area contributed by atoms with Gasteiger partial charge < -0.3 is 9.88 Å². The normalized spacial score (nSPS) is 16.7. The number of benzene rings is 1. The van der Waals surface area contributed by atoms with Gasteiger partial charge in [-0.25, -0.2) is 0 Å². The van der Waals surface area contributed by atoms with Crippen molar-refractivity contribution in [3.63, 3.8) is 0 Å². The molecule has 1 saturated heterocycles. The van der Waals surface area contributed by atoms with Crippen molar-refractivity contribution in [3.8, 4) is 0 Å². The molecule has 0 atom stereocenters. The van der Waals surface area contributed by atoms with Gasteiger partial charge in [0, 0.05) is 56.1 Å². The zero-order chi connectivity index (χ0) is 22.1. The summed E-state index contributed by atoms with van der Waals surface area (Å²) in [5.74, 6) is -0.689. The van der Waals surface area contributed by atoms with Gasteiger partial charge in [-0.05, 0) is 32.0 Å². The number of ketones is 1. The van der Waals surface area contributed by atoms with Crippen molar-refractivity contribution in [2.24, 2.45) is 0 Å². The van der Waals surface area contributed by atoms with Gasteiger partial charge in [0.2, 0.25) is 5.91 Å². The topological polar surface area (TPSA) is 93.8 Å². The summed E-state index contributed by atoms with van der Waals surface area (Å²) in [4.78, 5) is 58.1. The van der Waals surface area contributed by atoms with Crippen LogP contribution in [-0.4, -0.2) is 82.5 Å². The third kappa shape index (κ3) is 4.16. The first-order chi connectivity index (χ1) is 14.8. The number of carbonyl (C=O) groups excluding carboxylic acids is 4. The third-order valence-electron chi connectivity index (χ3n) is 5.97. The van der Waals surface area contributed by atoms with Crippen LogP contribution in [0, 0.1) is 13.8 Å². The molecule has 2 aliphatic rings. The summed E-state index contributed by atoms with van der Waals surface area (Å²) < 4.78 is 0. The van der Waals surface area contributed by atoms with Crippen molar-refractivity contribution in [3.05, 3.63) is 58.4 Å². The van der Waals surface area contributed by atoms with E-state index in [-0.39, 0.29) is 36.5 Å². The minimum absolute atomic E-state index is 0.0762. The van der Waals surface area contributed by atoms with Crippen LogP contribution in [0.25, 0.3) is 0 Å². The van der Waals surface area contributed by atoms with E-state index in [1.165, 1.54) is 0 Å². The molecular weight excluding hydrogens is 396 g/mol. The molecule has 1 aromatic heterocycles. The first kappa shape index (κ1) is 21.0. The molecule has 0 unspecified atom stereocenters. The molecule has 1 fully saturated rings. The molecule has 0 radical (unpaired) electrons. The summed E-state index contributed by atoms with van der Waals surface area (Å²) in [6, 6.07) is 8.59. The Bertz CT molecular complexity index is 1010. The lowest BCUT2D eigenvalue weighted by Crippen LogP contribution is -2.50. The summed E-state index contributed by atoms with van der Waals surface area (Å²) in [5, 5.41) is 0. The van der Waals surface area contributed by atoms with Crippen molar-refractivity contribution in [1.29, 1.82) is 0 Å². The lowest BCUT2D eigenvalue weighted by molar-refractivity contribution is -0.132. The largest absolute Gasteiger partial charge is 0.362 e. The van der Waals surface area contributed by atoms with Gasteiger partial charge in [-0.2, -0.15) is 0 Å². The van der Waals surface area contributed by atoms with E-state index in [4.69, 9.17) is 0 Å². The number of hydrogen-bond acceptors (Lipinski definition) is 5. The lowest BCUT2D eigenvalue weighted by Gasteiger charge is -2.34. The molecule has 4 rings (SSSR count). The standard InChI is InChI=1S/C23H26N4O4/c1-15-13-19(16(2)24-15)20(28)14-25-9-11-26(12-10-25)21(29)7-8-27-22(30)17-5-3-4-6-18(17)23(27)31/h3-6,13,24H,7-12,14H2,1-2H3. The highest BCUT2D eigenvalue weighted by Gasteiger charge is 2.35. The van der Waals surface area contributed by atoms with E-state index in [9.17, 15) is 19.2 Å². The minimum atomic E-state index is -0.341. The summed E-state index contributed by atoms with van der Waals surface area (Å²) in [6.07, 6.45) is 0.103. The van der Waals surface area contributed by atoms with Crippen LogP contribution >= 0.6 is 0 Å². The molecule has 0 saturated carbocycles. The second-order valence-electron chi connectivity index (χ2n) is 8.13. The number of nitrogens with one attached hydrogen (secondary N) is 1. The Morgan fingerprint density at radius 1 is 0.968 bits per heavy atom. The maximum atomic E-state index is 12.6. The van der Waals surface area contributed by atoms with E-state index in [0.29, 0.717) is 43.9 Å². The summed E-state index contributed by atoms with van der Waals surface area (Å²) in [7, 11) is 0. The van der Waals surface area contributed by atoms with Crippen LogP contribution in [-0.2, 0) is 4.79 Å². The van der Waals surface area contributed by atoms with Gasteiger partial charge in [-0.1, -0.05) is 12.1 Å². The Hall–Kier alpha value is -3.26. The van der Waals surface area contributed by atoms with E-state index in [1.54, 1.807) is 29.2 Å². The van der Waals surface area contributed by atoms with Crippen molar-refractivity contribution in [1.82, 2.24) is 19.7 Å². The Balaban J connectivity index is 1.25. The maximum Gasteiger partial charge on any atom is 0.261 e. The number of imide groups is 1. The molecule has 1 aromatic carbocycles. The Labute approximate surface area is 180 Å². The van der Waals surface area contributed by atoms with Crippen LogP contribution in [0.1, 0.15) is 48.9 Å². The molecule has 2 aliphatic heterocycles. The summed E-state index contributed by atoms with van der Waals surface area (Å²) in [5.41, 5.74) is 3.35. The molecule has 8 nitrogen and oxygen atoms in total. The number of Topliss-reactive ketones (excluding diaryl/α,β-unsaturated/α-hetero) is 1. The first-order valence-corrected chi connectivity index (χ1v) is 10.5. The Morgan fingerprint density at radius 2 is 1.58 bits per heavy atom. The number of H-pyrrole nitrogens is 1. The van der Waals surface area contributed by atoms with Crippen LogP contribution < -0.4 is 0 Å². The van der Waals surface area contributed by atoms with Gasteiger partial charge in [0.05, 0.1) is 17.7 Å². The van der Waals surface area contributed by atoms with E-state index >= 15 is 0 Å². The van der Waals surface area contributed by atoms with E-state index < -0.39 is 0 Å². The molecule has 31 heavy (non-hydrogen) atoms. The zero-order valence-corrected chi connectivity index (χ0v) is 17.8. The fourth-order valence-electron chi connectivity index (χ4n) is 4.26. The smallest absolute Gasteiger partial charge is 0.261 e. The SMILES string of the molecule is Cc1cc(C(=O)CN2CCN(C(=O)CCN3C(=O)c4ccccc4C3=O)CC2)c(C)[nH]1. The number of amides is 3. The van der Waals surface area contributed by atoms with Crippen LogP contribution in [0.5, 0.6) is 0 Å². The van der Waals surface area contributed by atoms with Crippen molar-refractivity contribution in [2.45, 2.75) is 20.3 Å². The highest BCUT2D eigenvalue weighted by Crippen LogP contribution is 2.22. The number of aryl methyl sites for hydroxylation is 2. The fourth-order valence-corrected chi connectivity index (χ4v) is 4.26. The molecule has 1 N–H and O–H groups in total. The molecule has 8 heteroatoms. The zero-order valence-electron chi connectivity index (χ0n) is 17.8. The summed E-state index contributed by atoms with van der Waals surface area (Å²) in [6.45, 7) is 6.52. The monoisotopic (exact) mass is 422 g/mol. The average Bonchev–Trinajstić information content (AvgIpc) is 3.23. The van der Waals surface area contributed by atoms with E-state index in [0.717, 1.165) is 21.9 Å². The third-order valence-corrected chi connectivity index (χ3v) is 5.97. The highest BCUT2D eigenvalue weighted by molar-refractivity contribution is 6.21. The predicted octanol–water partition coefficient (Wildman–Crippen LogP) is 1.64. The Morgan fingerprint density at radius 3 is 2.13 bits per heavy atom. The first-order valence-electron chi connectivity index (χ1n) is 10.5. The molecule has 0 spiro atoms. The Kier molecular flexibility index (Phi) is 5.73. The van der Waals surface area contributed by atoms with Gasteiger partial charge in [-0.15, -0.1) is 0 Å². The van der Waals surface area contributed by atoms with Crippen molar-refractivity contribution < 1.29 is 19.2 Å². The van der Waals surface area contributed by atoms with E-state index in [1.807, 2.05) is 19.9 Å². The van der Waals surface area contributed by atoms with Crippen molar-refractivity contribution >= 4 is 23.5 Å². The van der Waals surface area contributed by atoms with Crippen LogP contribution in [0.2, 0.25) is 0 Å². The van der Waals surface area contributed by atoms with E-state index in [2.05, 4.69) is 9.88 Å². The lowest BCUT2D eigenvalue weighted by atomic mass is 10.1. The number of carbonyl (C=O) groups is 4. The molecule has 2 aromatic rings. The molecule has 3 amide bonds. The van der Waals surface area contributed by atoms with Gasteiger partial charge in [0.1, 0.15) is 0 Å². The second kappa shape index (κ2) is 8.47. The number of piperazine rings is 1. The number of fused-ring (bicyclic) bond motifs is 1. The highest BCUT2D eigenvalue weighted by atomic mass is 16.2. The predicted molar refractivity (Wildman–Crippen MR) is 114 cm³/mol. The summed E-state index contributed by atoms with van der Waals surface area (Å²) >= 11 is 0. The van der Waals surface area contributed by atoms with Crippen LogP contribution in [0.4, 0.5) is 0 Å². The number of aromatic nitrogens is 1. The number of aromatic amines is 1. The molecule has 162 valence electrons. The van der Waals surface area contributed by atoms with Gasteiger partial charge >= 0.3 is 0 Å². The maximum absolute atomic E-state index is 12.6. The fraction of sp³-hybridized carbons (Fsp3) is 0.391. The molecule has 0 bridgehead atoms. The molecule has 3 heterocycles. The average molecular weight is 422 g/mol. The number of hydrogen-bond donors (Lipinski definition) is 1. The number of rotatable bonds is 6.